The Hall–Kier alpha value is -3.61. The van der Waals surface area contributed by atoms with Crippen LogP contribution in [0.1, 0.15) is 116 Å². The normalized spacial score (nSPS) is 11.0. The number of hydrogen-bond acceptors (Lipinski definition) is 6. The van der Waals surface area contributed by atoms with Crippen molar-refractivity contribution in [2.75, 3.05) is 19.8 Å². The Morgan fingerprint density at radius 2 is 1.39 bits per heavy atom. The van der Waals surface area contributed by atoms with E-state index in [0.29, 0.717) is 36.4 Å². The Kier molecular flexibility index (Phi) is 13.4. The van der Waals surface area contributed by atoms with Crippen LogP contribution in [-0.4, -0.2) is 42.1 Å². The molecule has 1 heterocycles. The van der Waals surface area contributed by atoms with Crippen LogP contribution >= 0.6 is 0 Å². The molecule has 0 atom stereocenters. The molecule has 7 heteroatoms. The second-order valence-electron chi connectivity index (χ2n) is 10.2. The molecule has 0 unspecified atom stereocenters. The van der Waals surface area contributed by atoms with E-state index in [0.717, 1.165) is 30.2 Å². The SMILES string of the molecule is CCCCCCCCCCCC(=O)c1c(C(=O)OCC)n(CCOc2cccc(C(=O)OCC)c2)c2ccccc12. The van der Waals surface area contributed by atoms with E-state index >= 15 is 0 Å². The lowest BCUT2D eigenvalue weighted by atomic mass is 10.00. The lowest BCUT2D eigenvalue weighted by Gasteiger charge is -2.13. The fourth-order valence-electron chi connectivity index (χ4n) is 5.13. The average Bonchev–Trinajstić information content (AvgIpc) is 3.31. The predicted molar refractivity (Wildman–Crippen MR) is 162 cm³/mol. The summed E-state index contributed by atoms with van der Waals surface area (Å²) in [5.74, 6) is -0.433. The molecular formula is C34H45NO6. The van der Waals surface area contributed by atoms with Gasteiger partial charge in [0.1, 0.15) is 18.1 Å². The molecule has 0 bridgehead atoms. The van der Waals surface area contributed by atoms with Crippen LogP contribution in [0, 0.1) is 0 Å². The zero-order valence-corrected chi connectivity index (χ0v) is 24.9. The standard InChI is InChI=1S/C34H45NO6/c1-4-7-8-9-10-11-12-13-14-22-30(36)31-28-20-15-16-21-29(28)35(32(31)34(38)40-6-3)23-24-41-27-19-17-18-26(25-27)33(37)39-5-2/h15-21,25H,4-14,22-24H2,1-3H3. The van der Waals surface area contributed by atoms with Crippen LogP contribution in [0.4, 0.5) is 0 Å². The molecule has 0 saturated heterocycles. The molecule has 1 aromatic heterocycles. The minimum atomic E-state index is -0.511. The van der Waals surface area contributed by atoms with Crippen LogP contribution in [0.25, 0.3) is 10.9 Å². The Bertz CT molecular complexity index is 1280. The van der Waals surface area contributed by atoms with Gasteiger partial charge in [-0.25, -0.2) is 9.59 Å². The summed E-state index contributed by atoms with van der Waals surface area (Å²) in [5, 5.41) is 0.751. The van der Waals surface area contributed by atoms with Crippen LogP contribution < -0.4 is 4.74 Å². The lowest BCUT2D eigenvalue weighted by Crippen LogP contribution is -2.19. The van der Waals surface area contributed by atoms with Gasteiger partial charge in [0.15, 0.2) is 5.78 Å². The summed E-state index contributed by atoms with van der Waals surface area (Å²) in [4.78, 5) is 38.9. The van der Waals surface area contributed by atoms with E-state index in [2.05, 4.69) is 6.92 Å². The number of para-hydroxylation sites is 1. The van der Waals surface area contributed by atoms with Gasteiger partial charge in [-0.05, 0) is 44.5 Å². The van der Waals surface area contributed by atoms with E-state index in [9.17, 15) is 14.4 Å². The molecule has 3 rings (SSSR count). The van der Waals surface area contributed by atoms with E-state index < -0.39 is 11.9 Å². The maximum Gasteiger partial charge on any atom is 0.355 e. The Morgan fingerprint density at radius 3 is 2.10 bits per heavy atom. The maximum absolute atomic E-state index is 13.6. The van der Waals surface area contributed by atoms with E-state index in [1.807, 2.05) is 28.8 Å². The third-order valence-electron chi connectivity index (χ3n) is 7.15. The Morgan fingerprint density at radius 1 is 0.732 bits per heavy atom. The number of nitrogens with zero attached hydrogens (tertiary/aromatic N) is 1. The minimum Gasteiger partial charge on any atom is -0.492 e. The van der Waals surface area contributed by atoms with Crippen LogP contribution in [0.15, 0.2) is 48.5 Å². The second-order valence-corrected chi connectivity index (χ2v) is 10.2. The van der Waals surface area contributed by atoms with Gasteiger partial charge in [0.05, 0.1) is 30.9 Å². The summed E-state index contributed by atoms with van der Waals surface area (Å²) in [6, 6.07) is 14.4. The molecule has 0 fully saturated rings. The summed E-state index contributed by atoms with van der Waals surface area (Å²) in [5.41, 5.74) is 1.91. The van der Waals surface area contributed by atoms with Gasteiger partial charge >= 0.3 is 11.9 Å². The van der Waals surface area contributed by atoms with Crippen molar-refractivity contribution in [3.05, 3.63) is 65.4 Å². The number of carbonyl (C=O) groups excluding carboxylic acids is 3. The van der Waals surface area contributed by atoms with E-state index in [1.165, 1.54) is 38.5 Å². The van der Waals surface area contributed by atoms with Crippen LogP contribution in [0.3, 0.4) is 0 Å². The molecular weight excluding hydrogens is 518 g/mol. The number of esters is 2. The van der Waals surface area contributed by atoms with Crippen molar-refractivity contribution in [3.63, 3.8) is 0 Å². The number of Topliss-reactive ketones (excluding diaryl/α,β-unsaturated/α-hetero) is 1. The van der Waals surface area contributed by atoms with Crippen LogP contribution in [-0.2, 0) is 16.0 Å². The maximum atomic E-state index is 13.6. The number of ketones is 1. The molecule has 0 aliphatic rings. The first kappa shape index (κ1) is 31.9. The van der Waals surface area contributed by atoms with Gasteiger partial charge in [-0.3, -0.25) is 4.79 Å². The van der Waals surface area contributed by atoms with Crippen molar-refractivity contribution < 1.29 is 28.6 Å². The molecule has 0 spiro atoms. The van der Waals surface area contributed by atoms with Crippen LogP contribution in [0.2, 0.25) is 0 Å². The summed E-state index contributed by atoms with van der Waals surface area (Å²) in [7, 11) is 0. The summed E-state index contributed by atoms with van der Waals surface area (Å²) in [6.07, 6.45) is 10.9. The predicted octanol–water partition coefficient (Wildman–Crippen LogP) is 8.18. The first-order valence-electron chi connectivity index (χ1n) is 15.2. The van der Waals surface area contributed by atoms with Crippen LogP contribution in [0.5, 0.6) is 5.75 Å². The molecule has 41 heavy (non-hydrogen) atoms. The molecule has 0 saturated carbocycles. The van der Waals surface area contributed by atoms with E-state index in [1.54, 1.807) is 38.1 Å². The highest BCUT2D eigenvalue weighted by Crippen LogP contribution is 2.29. The van der Waals surface area contributed by atoms with Gasteiger partial charge in [-0.15, -0.1) is 0 Å². The molecule has 7 nitrogen and oxygen atoms in total. The second kappa shape index (κ2) is 17.3. The monoisotopic (exact) mass is 563 g/mol. The molecule has 3 aromatic rings. The van der Waals surface area contributed by atoms with Crippen molar-refractivity contribution in [1.82, 2.24) is 4.57 Å². The highest BCUT2D eigenvalue weighted by Gasteiger charge is 2.27. The first-order valence-corrected chi connectivity index (χ1v) is 15.2. The lowest BCUT2D eigenvalue weighted by molar-refractivity contribution is 0.0505. The number of rotatable bonds is 19. The fraction of sp³-hybridized carbons (Fsp3) is 0.500. The minimum absolute atomic E-state index is 0.0333. The molecule has 0 aliphatic heterocycles. The molecule has 2 aromatic carbocycles. The van der Waals surface area contributed by atoms with Crippen molar-refractivity contribution in [2.45, 2.75) is 91.5 Å². The summed E-state index contributed by atoms with van der Waals surface area (Å²) >= 11 is 0. The molecule has 222 valence electrons. The topological polar surface area (TPSA) is 83.8 Å². The summed E-state index contributed by atoms with van der Waals surface area (Å²) < 4.78 is 18.3. The molecule has 0 N–H and O–H groups in total. The third kappa shape index (κ3) is 9.20. The number of unbranched alkanes of at least 4 members (excludes halogenated alkanes) is 8. The molecule has 0 amide bonds. The fourth-order valence-corrected chi connectivity index (χ4v) is 5.13. The van der Waals surface area contributed by atoms with E-state index in [-0.39, 0.29) is 24.7 Å². The van der Waals surface area contributed by atoms with Crippen molar-refractivity contribution >= 4 is 28.6 Å². The van der Waals surface area contributed by atoms with Gasteiger partial charge in [0, 0.05) is 17.3 Å². The zero-order chi connectivity index (χ0) is 29.5. The van der Waals surface area contributed by atoms with Crippen molar-refractivity contribution in [1.29, 1.82) is 0 Å². The van der Waals surface area contributed by atoms with Crippen molar-refractivity contribution in [3.8, 4) is 5.75 Å². The highest BCUT2D eigenvalue weighted by atomic mass is 16.5. The number of benzene rings is 2. The molecule has 0 aliphatic carbocycles. The van der Waals surface area contributed by atoms with Gasteiger partial charge < -0.3 is 18.8 Å². The quantitative estimate of drug-likeness (QED) is 0.0831. The number of ether oxygens (including phenoxy) is 3. The highest BCUT2D eigenvalue weighted by molar-refractivity contribution is 6.15. The zero-order valence-electron chi connectivity index (χ0n) is 24.9. The first-order chi connectivity index (χ1) is 20.0. The average molecular weight is 564 g/mol. The smallest absolute Gasteiger partial charge is 0.355 e. The van der Waals surface area contributed by atoms with Gasteiger partial charge in [-0.2, -0.15) is 0 Å². The molecule has 0 radical (unpaired) electrons. The van der Waals surface area contributed by atoms with E-state index in [4.69, 9.17) is 14.2 Å². The van der Waals surface area contributed by atoms with Gasteiger partial charge in [0.2, 0.25) is 0 Å². The Balaban J connectivity index is 1.73. The number of aromatic nitrogens is 1. The third-order valence-corrected chi connectivity index (χ3v) is 7.15. The summed E-state index contributed by atoms with van der Waals surface area (Å²) in [6.45, 7) is 6.80. The van der Waals surface area contributed by atoms with Gasteiger partial charge in [0.25, 0.3) is 0 Å². The number of hydrogen-bond donors (Lipinski definition) is 0. The van der Waals surface area contributed by atoms with Crippen molar-refractivity contribution in [2.24, 2.45) is 0 Å². The number of fused-ring (bicyclic) bond motifs is 1. The Labute approximate surface area is 244 Å². The number of carbonyl (C=O) groups is 3. The largest absolute Gasteiger partial charge is 0.492 e. The van der Waals surface area contributed by atoms with Gasteiger partial charge in [-0.1, -0.05) is 82.6 Å².